The van der Waals surface area contributed by atoms with E-state index in [9.17, 15) is 4.79 Å². The number of hydrogen-bond acceptors (Lipinski definition) is 4. The molecule has 1 aliphatic rings. The average Bonchev–Trinajstić information content (AvgIpc) is 2.67. The normalized spacial score (nSPS) is 15.1. The second kappa shape index (κ2) is 9.93. The number of morpholine rings is 1. The van der Waals surface area contributed by atoms with Crippen LogP contribution in [0.4, 0.5) is 0 Å². The summed E-state index contributed by atoms with van der Waals surface area (Å²) in [5, 5.41) is 3.51. The lowest BCUT2D eigenvalue weighted by atomic mass is 10.1. The van der Waals surface area contributed by atoms with E-state index in [2.05, 4.69) is 48.3 Å². The molecule has 0 aliphatic carbocycles. The van der Waals surface area contributed by atoms with Gasteiger partial charge in [-0.05, 0) is 23.3 Å². The molecule has 2 aromatic carbocycles. The van der Waals surface area contributed by atoms with E-state index in [1.165, 1.54) is 5.56 Å². The fraction of sp³-hybridized carbons (Fsp3) is 0.409. The SMILES string of the molecule is CC(C)Sc1ccccc1C(=O)NCc1cccc(CN2CCOCC2)c1. The molecule has 4 nitrogen and oxygen atoms in total. The maximum Gasteiger partial charge on any atom is 0.252 e. The van der Waals surface area contributed by atoms with E-state index < -0.39 is 0 Å². The molecule has 1 heterocycles. The highest BCUT2D eigenvalue weighted by atomic mass is 32.2. The van der Waals surface area contributed by atoms with E-state index >= 15 is 0 Å². The van der Waals surface area contributed by atoms with E-state index in [4.69, 9.17) is 4.74 Å². The van der Waals surface area contributed by atoms with Gasteiger partial charge in [-0.25, -0.2) is 0 Å². The van der Waals surface area contributed by atoms with E-state index in [-0.39, 0.29) is 5.91 Å². The van der Waals surface area contributed by atoms with Crippen molar-refractivity contribution in [2.24, 2.45) is 0 Å². The molecule has 27 heavy (non-hydrogen) atoms. The zero-order chi connectivity index (χ0) is 19.1. The Morgan fingerprint density at radius 2 is 1.85 bits per heavy atom. The predicted octanol–water partition coefficient (Wildman–Crippen LogP) is 3.95. The van der Waals surface area contributed by atoms with E-state index in [1.807, 2.05) is 24.3 Å². The number of ether oxygens (including phenoxy) is 1. The molecule has 1 N–H and O–H groups in total. The van der Waals surface area contributed by atoms with Gasteiger partial charge in [-0.2, -0.15) is 0 Å². The van der Waals surface area contributed by atoms with Crippen molar-refractivity contribution >= 4 is 17.7 Å². The highest BCUT2D eigenvalue weighted by molar-refractivity contribution is 8.00. The van der Waals surface area contributed by atoms with Crippen molar-refractivity contribution in [1.82, 2.24) is 10.2 Å². The van der Waals surface area contributed by atoms with Crippen LogP contribution in [-0.4, -0.2) is 42.4 Å². The van der Waals surface area contributed by atoms with Crippen LogP contribution in [0.1, 0.15) is 35.3 Å². The fourth-order valence-electron chi connectivity index (χ4n) is 3.14. The highest BCUT2D eigenvalue weighted by Crippen LogP contribution is 2.26. The van der Waals surface area contributed by atoms with E-state index in [1.54, 1.807) is 11.8 Å². The van der Waals surface area contributed by atoms with Crippen LogP contribution in [-0.2, 0) is 17.8 Å². The number of thioether (sulfide) groups is 1. The van der Waals surface area contributed by atoms with Crippen molar-refractivity contribution in [2.45, 2.75) is 37.1 Å². The Labute approximate surface area is 166 Å². The lowest BCUT2D eigenvalue weighted by Gasteiger charge is -2.26. The van der Waals surface area contributed by atoms with Gasteiger partial charge in [0.05, 0.1) is 18.8 Å². The Bertz CT molecular complexity index is 757. The molecule has 2 aromatic rings. The molecule has 5 heteroatoms. The fourth-order valence-corrected chi connectivity index (χ4v) is 4.10. The van der Waals surface area contributed by atoms with Crippen LogP contribution < -0.4 is 5.32 Å². The third-order valence-electron chi connectivity index (χ3n) is 4.45. The Morgan fingerprint density at radius 3 is 2.63 bits per heavy atom. The van der Waals surface area contributed by atoms with E-state index in [0.29, 0.717) is 11.8 Å². The molecule has 1 saturated heterocycles. The number of nitrogens with zero attached hydrogens (tertiary/aromatic N) is 1. The summed E-state index contributed by atoms with van der Waals surface area (Å²) in [6, 6.07) is 16.3. The van der Waals surface area contributed by atoms with Crippen molar-refractivity contribution < 1.29 is 9.53 Å². The van der Waals surface area contributed by atoms with Crippen LogP contribution >= 0.6 is 11.8 Å². The number of carbonyl (C=O) groups excluding carboxylic acids is 1. The molecule has 3 rings (SSSR count). The third-order valence-corrected chi connectivity index (χ3v) is 5.53. The summed E-state index contributed by atoms with van der Waals surface area (Å²) in [4.78, 5) is 16.1. The molecule has 0 unspecified atom stereocenters. The van der Waals surface area contributed by atoms with Crippen LogP contribution in [0, 0.1) is 0 Å². The summed E-state index contributed by atoms with van der Waals surface area (Å²) in [6.45, 7) is 9.32. The summed E-state index contributed by atoms with van der Waals surface area (Å²) in [5.41, 5.74) is 3.16. The summed E-state index contributed by atoms with van der Waals surface area (Å²) < 4.78 is 5.41. The molecule has 0 bridgehead atoms. The monoisotopic (exact) mass is 384 g/mol. The van der Waals surface area contributed by atoms with Gasteiger partial charge in [0.1, 0.15) is 0 Å². The first-order chi connectivity index (χ1) is 13.1. The Morgan fingerprint density at radius 1 is 1.11 bits per heavy atom. The summed E-state index contributed by atoms with van der Waals surface area (Å²) in [7, 11) is 0. The van der Waals surface area contributed by atoms with Crippen LogP contribution in [0.25, 0.3) is 0 Å². The molecule has 0 atom stereocenters. The lowest BCUT2D eigenvalue weighted by molar-refractivity contribution is 0.0342. The van der Waals surface area contributed by atoms with Gasteiger partial charge in [0.15, 0.2) is 0 Å². The topological polar surface area (TPSA) is 41.6 Å². The number of nitrogens with one attached hydrogen (secondary N) is 1. The summed E-state index contributed by atoms with van der Waals surface area (Å²) in [6.07, 6.45) is 0. The molecular formula is C22H28N2O2S. The minimum Gasteiger partial charge on any atom is -0.379 e. The molecule has 1 fully saturated rings. The summed E-state index contributed by atoms with van der Waals surface area (Å²) >= 11 is 1.72. The number of rotatable bonds is 7. The largest absolute Gasteiger partial charge is 0.379 e. The minimum absolute atomic E-state index is 0.0164. The van der Waals surface area contributed by atoms with Crippen molar-refractivity contribution in [3.05, 3.63) is 65.2 Å². The van der Waals surface area contributed by atoms with Gasteiger partial charge in [-0.15, -0.1) is 11.8 Å². The molecule has 144 valence electrons. The molecule has 0 saturated carbocycles. The summed E-state index contributed by atoms with van der Waals surface area (Å²) in [5.74, 6) is -0.0164. The number of carbonyl (C=O) groups is 1. The van der Waals surface area contributed by atoms with Gasteiger partial charge in [0.2, 0.25) is 0 Å². The third kappa shape index (κ3) is 6.09. The van der Waals surface area contributed by atoms with Gasteiger partial charge in [0.25, 0.3) is 5.91 Å². The lowest BCUT2D eigenvalue weighted by Crippen LogP contribution is -2.35. The molecule has 0 radical (unpaired) electrons. The van der Waals surface area contributed by atoms with Crippen LogP contribution in [0.3, 0.4) is 0 Å². The number of hydrogen-bond donors (Lipinski definition) is 1. The Balaban J connectivity index is 1.60. The molecule has 0 spiro atoms. The zero-order valence-corrected chi connectivity index (χ0v) is 16.9. The zero-order valence-electron chi connectivity index (χ0n) is 16.1. The second-order valence-electron chi connectivity index (χ2n) is 7.05. The Kier molecular flexibility index (Phi) is 7.33. The standard InChI is InChI=1S/C22H28N2O2S/c1-17(2)27-21-9-4-3-8-20(21)22(25)23-15-18-6-5-7-19(14-18)16-24-10-12-26-13-11-24/h3-9,14,17H,10-13,15-16H2,1-2H3,(H,23,25). The predicted molar refractivity (Wildman–Crippen MR) is 111 cm³/mol. The molecule has 1 aliphatic heterocycles. The van der Waals surface area contributed by atoms with Crippen molar-refractivity contribution in [2.75, 3.05) is 26.3 Å². The van der Waals surface area contributed by atoms with Crippen LogP contribution in [0.5, 0.6) is 0 Å². The average molecular weight is 385 g/mol. The van der Waals surface area contributed by atoms with Gasteiger partial charge in [0, 0.05) is 36.3 Å². The Hall–Kier alpha value is -1.82. The first-order valence-corrected chi connectivity index (χ1v) is 10.4. The van der Waals surface area contributed by atoms with Crippen LogP contribution in [0.15, 0.2) is 53.4 Å². The molecular weight excluding hydrogens is 356 g/mol. The smallest absolute Gasteiger partial charge is 0.252 e. The van der Waals surface area contributed by atoms with Crippen LogP contribution in [0.2, 0.25) is 0 Å². The van der Waals surface area contributed by atoms with Gasteiger partial charge < -0.3 is 10.1 Å². The number of benzene rings is 2. The van der Waals surface area contributed by atoms with Gasteiger partial charge >= 0.3 is 0 Å². The first-order valence-electron chi connectivity index (χ1n) is 9.53. The maximum absolute atomic E-state index is 12.7. The first kappa shape index (κ1) is 19.9. The van der Waals surface area contributed by atoms with E-state index in [0.717, 1.165) is 48.9 Å². The van der Waals surface area contributed by atoms with Crippen molar-refractivity contribution in [3.8, 4) is 0 Å². The highest BCUT2D eigenvalue weighted by Gasteiger charge is 2.13. The van der Waals surface area contributed by atoms with Crippen molar-refractivity contribution in [1.29, 1.82) is 0 Å². The van der Waals surface area contributed by atoms with Crippen molar-refractivity contribution in [3.63, 3.8) is 0 Å². The molecule has 1 amide bonds. The second-order valence-corrected chi connectivity index (χ2v) is 8.67. The quantitative estimate of drug-likeness (QED) is 0.734. The van der Waals surface area contributed by atoms with Gasteiger partial charge in [-0.3, -0.25) is 9.69 Å². The minimum atomic E-state index is -0.0164. The van der Waals surface area contributed by atoms with Gasteiger partial charge in [-0.1, -0.05) is 50.2 Å². The molecule has 0 aromatic heterocycles. The maximum atomic E-state index is 12.7. The number of amides is 1.